The highest BCUT2D eigenvalue weighted by molar-refractivity contribution is 9.10. The minimum Gasteiger partial charge on any atom is -0.264 e. The monoisotopic (exact) mass is 242 g/mol. The number of pyridine rings is 2. The molecule has 4 heteroatoms. The van der Waals surface area contributed by atoms with Crippen LogP contribution in [0.2, 0.25) is 5.15 Å². The van der Waals surface area contributed by atoms with Crippen molar-refractivity contribution in [2.75, 3.05) is 0 Å². The van der Waals surface area contributed by atoms with Crippen LogP contribution in [0.4, 0.5) is 0 Å². The van der Waals surface area contributed by atoms with Crippen molar-refractivity contribution in [3.05, 3.63) is 34.3 Å². The predicted molar refractivity (Wildman–Crippen MR) is 52.2 cm³/mol. The van der Waals surface area contributed by atoms with Gasteiger partial charge in [-0.1, -0.05) is 11.6 Å². The van der Waals surface area contributed by atoms with E-state index in [1.807, 2.05) is 6.07 Å². The first-order valence-electron chi connectivity index (χ1n) is 3.33. The summed E-state index contributed by atoms with van der Waals surface area (Å²) >= 11 is 9.24. The van der Waals surface area contributed by atoms with Gasteiger partial charge >= 0.3 is 0 Å². The van der Waals surface area contributed by atoms with Gasteiger partial charge in [-0.3, -0.25) is 4.98 Å². The van der Waals surface area contributed by atoms with Crippen LogP contribution in [0.25, 0.3) is 10.8 Å². The Labute approximate surface area is 82.7 Å². The van der Waals surface area contributed by atoms with E-state index < -0.39 is 0 Å². The molecular formula is C8H4BrClN2. The smallest absolute Gasteiger partial charge is 0.138 e. The fraction of sp³-hybridized carbons (Fsp3) is 0. The molecule has 0 N–H and O–H groups in total. The van der Waals surface area contributed by atoms with E-state index in [-0.39, 0.29) is 0 Å². The molecule has 0 atom stereocenters. The quantitative estimate of drug-likeness (QED) is 0.665. The average Bonchev–Trinajstić information content (AvgIpc) is 2.12. The Kier molecular flexibility index (Phi) is 1.98. The van der Waals surface area contributed by atoms with Crippen LogP contribution in [0.5, 0.6) is 0 Å². The highest BCUT2D eigenvalue weighted by Gasteiger charge is 2.02. The lowest BCUT2D eigenvalue weighted by Gasteiger charge is -1.99. The van der Waals surface area contributed by atoms with Crippen LogP contribution in [0, 0.1) is 0 Å². The van der Waals surface area contributed by atoms with Gasteiger partial charge in [-0.05, 0) is 22.0 Å². The van der Waals surface area contributed by atoms with E-state index in [4.69, 9.17) is 11.6 Å². The van der Waals surface area contributed by atoms with Crippen molar-refractivity contribution >= 4 is 38.3 Å². The molecule has 0 aliphatic heterocycles. The normalized spacial score (nSPS) is 10.5. The number of hydrogen-bond donors (Lipinski definition) is 0. The maximum atomic E-state index is 5.86. The van der Waals surface area contributed by atoms with Gasteiger partial charge in [0, 0.05) is 33.8 Å². The summed E-state index contributed by atoms with van der Waals surface area (Å²) in [6.45, 7) is 0. The van der Waals surface area contributed by atoms with E-state index in [9.17, 15) is 0 Å². The van der Waals surface area contributed by atoms with Crippen LogP contribution in [0.1, 0.15) is 0 Å². The molecule has 0 spiro atoms. The second-order valence-electron chi connectivity index (χ2n) is 2.32. The van der Waals surface area contributed by atoms with Crippen molar-refractivity contribution < 1.29 is 0 Å². The number of halogens is 2. The summed E-state index contributed by atoms with van der Waals surface area (Å²) in [6.07, 6.45) is 5.11. The van der Waals surface area contributed by atoms with Crippen molar-refractivity contribution in [2.45, 2.75) is 0 Å². The Morgan fingerprint density at radius 2 is 2.08 bits per heavy atom. The third-order valence-corrected chi connectivity index (χ3v) is 2.52. The first kappa shape index (κ1) is 7.95. The Bertz CT molecular complexity index is 390. The Balaban J connectivity index is 2.95. The van der Waals surface area contributed by atoms with Gasteiger partial charge in [0.05, 0.1) is 0 Å². The lowest BCUT2D eigenvalue weighted by molar-refractivity contribution is 1.31. The van der Waals surface area contributed by atoms with Crippen LogP contribution in [-0.2, 0) is 0 Å². The predicted octanol–water partition coefficient (Wildman–Crippen LogP) is 3.05. The fourth-order valence-electron chi connectivity index (χ4n) is 1.02. The van der Waals surface area contributed by atoms with Gasteiger partial charge in [0.2, 0.25) is 0 Å². The molecule has 0 aliphatic carbocycles. The molecule has 0 unspecified atom stereocenters. The molecular weight excluding hydrogens is 239 g/mol. The van der Waals surface area contributed by atoms with Crippen molar-refractivity contribution in [3.63, 3.8) is 0 Å². The second-order valence-corrected chi connectivity index (χ2v) is 3.53. The number of rotatable bonds is 0. The van der Waals surface area contributed by atoms with Gasteiger partial charge in [-0.15, -0.1) is 0 Å². The maximum Gasteiger partial charge on any atom is 0.138 e. The summed E-state index contributed by atoms with van der Waals surface area (Å²) in [5.41, 5.74) is 0. The third kappa shape index (κ3) is 1.19. The van der Waals surface area contributed by atoms with Crippen LogP contribution < -0.4 is 0 Å². The highest BCUT2D eigenvalue weighted by Crippen LogP contribution is 2.26. The summed E-state index contributed by atoms with van der Waals surface area (Å²) in [5, 5.41) is 2.39. The Morgan fingerprint density at radius 3 is 2.83 bits per heavy atom. The summed E-state index contributed by atoms with van der Waals surface area (Å²) < 4.78 is 0.935. The highest BCUT2D eigenvalue weighted by atomic mass is 79.9. The van der Waals surface area contributed by atoms with Crippen molar-refractivity contribution in [1.82, 2.24) is 9.97 Å². The standard InChI is InChI=1S/C8H4BrClN2/c9-7-4-12-8(10)6-3-11-2-1-5(6)7/h1-4H. The number of nitrogens with zero attached hydrogens (tertiary/aromatic N) is 2. The van der Waals surface area contributed by atoms with Gasteiger partial charge in [0.1, 0.15) is 5.15 Å². The van der Waals surface area contributed by atoms with Gasteiger partial charge in [0.15, 0.2) is 0 Å². The summed E-state index contributed by atoms with van der Waals surface area (Å²) in [6, 6.07) is 1.90. The maximum absolute atomic E-state index is 5.86. The molecule has 2 aromatic heterocycles. The van der Waals surface area contributed by atoms with E-state index in [2.05, 4.69) is 25.9 Å². The van der Waals surface area contributed by atoms with Crippen LogP contribution in [0.15, 0.2) is 29.1 Å². The summed E-state index contributed by atoms with van der Waals surface area (Å²) in [4.78, 5) is 7.95. The first-order chi connectivity index (χ1) is 5.79. The van der Waals surface area contributed by atoms with Crippen molar-refractivity contribution in [3.8, 4) is 0 Å². The van der Waals surface area contributed by atoms with E-state index in [0.717, 1.165) is 15.2 Å². The van der Waals surface area contributed by atoms with Crippen molar-refractivity contribution in [2.24, 2.45) is 0 Å². The molecule has 0 saturated carbocycles. The van der Waals surface area contributed by atoms with Gasteiger partial charge in [-0.25, -0.2) is 4.98 Å². The largest absolute Gasteiger partial charge is 0.264 e. The molecule has 0 bridgehead atoms. The molecule has 2 nitrogen and oxygen atoms in total. The number of hydrogen-bond acceptors (Lipinski definition) is 2. The molecule has 0 amide bonds. The molecule has 2 aromatic rings. The fourth-order valence-corrected chi connectivity index (χ4v) is 1.67. The van der Waals surface area contributed by atoms with Crippen LogP contribution in [-0.4, -0.2) is 9.97 Å². The molecule has 0 saturated heterocycles. The molecule has 0 radical (unpaired) electrons. The molecule has 0 aliphatic rings. The van der Waals surface area contributed by atoms with E-state index in [1.54, 1.807) is 18.6 Å². The zero-order valence-electron chi connectivity index (χ0n) is 5.96. The minimum absolute atomic E-state index is 0.487. The minimum atomic E-state index is 0.487. The van der Waals surface area contributed by atoms with E-state index in [1.165, 1.54) is 0 Å². The molecule has 2 heterocycles. The van der Waals surface area contributed by atoms with Crippen LogP contribution >= 0.6 is 27.5 Å². The lowest BCUT2D eigenvalue weighted by atomic mass is 10.2. The topological polar surface area (TPSA) is 25.8 Å². The third-order valence-electron chi connectivity index (χ3n) is 1.59. The van der Waals surface area contributed by atoms with E-state index >= 15 is 0 Å². The van der Waals surface area contributed by atoms with E-state index in [0.29, 0.717) is 5.15 Å². The van der Waals surface area contributed by atoms with Gasteiger partial charge in [0.25, 0.3) is 0 Å². The SMILES string of the molecule is Clc1ncc(Br)c2ccncc12. The van der Waals surface area contributed by atoms with Gasteiger partial charge < -0.3 is 0 Å². The summed E-state index contributed by atoms with van der Waals surface area (Å²) in [5.74, 6) is 0. The summed E-state index contributed by atoms with van der Waals surface area (Å²) in [7, 11) is 0. The van der Waals surface area contributed by atoms with Gasteiger partial charge in [-0.2, -0.15) is 0 Å². The number of aromatic nitrogens is 2. The molecule has 60 valence electrons. The van der Waals surface area contributed by atoms with Crippen LogP contribution in [0.3, 0.4) is 0 Å². The zero-order valence-corrected chi connectivity index (χ0v) is 8.30. The zero-order chi connectivity index (χ0) is 8.55. The lowest BCUT2D eigenvalue weighted by Crippen LogP contribution is -1.81. The average molecular weight is 243 g/mol. The Hall–Kier alpha value is -0.670. The number of fused-ring (bicyclic) bond motifs is 1. The molecule has 12 heavy (non-hydrogen) atoms. The molecule has 0 fully saturated rings. The second kappa shape index (κ2) is 2.99. The molecule has 2 rings (SSSR count). The molecule has 0 aromatic carbocycles. The Morgan fingerprint density at radius 1 is 1.25 bits per heavy atom. The first-order valence-corrected chi connectivity index (χ1v) is 4.50. The van der Waals surface area contributed by atoms with Crippen molar-refractivity contribution in [1.29, 1.82) is 0 Å².